The normalized spacial score (nSPS) is 14.8. The van der Waals surface area contributed by atoms with Crippen LogP contribution in [0.3, 0.4) is 0 Å². The third-order valence-corrected chi connectivity index (χ3v) is 4.44. The molecule has 2 aromatic rings. The van der Waals surface area contributed by atoms with Crippen molar-refractivity contribution in [1.82, 2.24) is 25.2 Å². The molecule has 0 bridgehead atoms. The van der Waals surface area contributed by atoms with Crippen molar-refractivity contribution in [1.29, 1.82) is 0 Å². The van der Waals surface area contributed by atoms with Gasteiger partial charge in [-0.2, -0.15) is 0 Å². The third-order valence-electron chi connectivity index (χ3n) is 4.44. The van der Waals surface area contributed by atoms with Gasteiger partial charge >= 0.3 is 0 Å². The van der Waals surface area contributed by atoms with Gasteiger partial charge < -0.3 is 15.0 Å². The summed E-state index contributed by atoms with van der Waals surface area (Å²) >= 11 is 0. The molecule has 3 rings (SSSR count). The van der Waals surface area contributed by atoms with Gasteiger partial charge in [-0.15, -0.1) is 0 Å². The van der Waals surface area contributed by atoms with Gasteiger partial charge in [0, 0.05) is 51.3 Å². The highest BCUT2D eigenvalue weighted by Gasteiger charge is 2.18. The van der Waals surface area contributed by atoms with Gasteiger partial charge in [-0.1, -0.05) is 0 Å². The lowest BCUT2D eigenvalue weighted by Crippen LogP contribution is -2.47. The van der Waals surface area contributed by atoms with E-state index in [1.807, 2.05) is 13.0 Å². The number of piperazine rings is 1. The fourth-order valence-corrected chi connectivity index (χ4v) is 3.04. The van der Waals surface area contributed by atoms with Crippen LogP contribution in [0.15, 0.2) is 36.8 Å². The fraction of sp³-hybridized carbons (Fsp3) is 0.474. The highest BCUT2D eigenvalue weighted by atomic mass is 16.5. The molecule has 27 heavy (non-hydrogen) atoms. The highest BCUT2D eigenvalue weighted by Crippen LogP contribution is 2.14. The number of amides is 1. The topological polar surface area (TPSA) is 83.5 Å². The number of rotatable bonds is 8. The zero-order valence-corrected chi connectivity index (χ0v) is 15.7. The maximum atomic E-state index is 12.3. The Labute approximate surface area is 159 Å². The van der Waals surface area contributed by atoms with Gasteiger partial charge in [-0.25, -0.2) is 15.0 Å². The molecule has 0 atom stereocenters. The van der Waals surface area contributed by atoms with Crippen molar-refractivity contribution in [2.45, 2.75) is 13.3 Å². The van der Waals surface area contributed by atoms with Crippen molar-refractivity contribution in [3.05, 3.63) is 42.4 Å². The molecule has 1 amide bonds. The van der Waals surface area contributed by atoms with Crippen molar-refractivity contribution >= 4 is 11.9 Å². The number of pyridine rings is 1. The average Bonchev–Trinajstić information content (AvgIpc) is 2.73. The highest BCUT2D eigenvalue weighted by molar-refractivity contribution is 5.96. The molecule has 8 heteroatoms. The number of ether oxygens (including phenoxy) is 1. The monoisotopic (exact) mass is 370 g/mol. The first-order valence-corrected chi connectivity index (χ1v) is 9.38. The lowest BCUT2D eigenvalue weighted by atomic mass is 10.2. The van der Waals surface area contributed by atoms with Crippen LogP contribution in [0.25, 0.3) is 0 Å². The molecular weight excluding hydrogens is 344 g/mol. The summed E-state index contributed by atoms with van der Waals surface area (Å²) in [7, 11) is 0. The van der Waals surface area contributed by atoms with Gasteiger partial charge in [0.1, 0.15) is 5.56 Å². The van der Waals surface area contributed by atoms with E-state index in [1.165, 1.54) is 0 Å². The van der Waals surface area contributed by atoms with Gasteiger partial charge in [0.05, 0.1) is 6.61 Å². The molecule has 1 N–H and O–H groups in total. The van der Waals surface area contributed by atoms with Gasteiger partial charge in [0.15, 0.2) is 0 Å². The summed E-state index contributed by atoms with van der Waals surface area (Å²) in [5.74, 6) is 1.04. The quantitative estimate of drug-likeness (QED) is 0.699. The molecule has 1 fully saturated rings. The molecular formula is C19H26N6O2. The third kappa shape index (κ3) is 5.37. The number of hydrogen-bond donors (Lipinski definition) is 1. The Morgan fingerprint density at radius 1 is 1.11 bits per heavy atom. The van der Waals surface area contributed by atoms with Gasteiger partial charge in [0.2, 0.25) is 11.8 Å². The van der Waals surface area contributed by atoms with Crippen molar-refractivity contribution in [2.75, 3.05) is 50.8 Å². The van der Waals surface area contributed by atoms with Crippen LogP contribution >= 0.6 is 0 Å². The zero-order chi connectivity index (χ0) is 18.9. The molecule has 1 aliphatic rings. The Kier molecular flexibility index (Phi) is 6.92. The second kappa shape index (κ2) is 9.82. The zero-order valence-electron chi connectivity index (χ0n) is 15.7. The van der Waals surface area contributed by atoms with Gasteiger partial charge in [-0.05, 0) is 38.1 Å². The van der Waals surface area contributed by atoms with Gasteiger partial charge in [-0.3, -0.25) is 9.69 Å². The molecule has 0 aliphatic carbocycles. The summed E-state index contributed by atoms with van der Waals surface area (Å²) in [4.78, 5) is 29.7. The Balaban J connectivity index is 1.37. The second-order valence-electron chi connectivity index (χ2n) is 6.28. The van der Waals surface area contributed by atoms with Crippen molar-refractivity contribution in [3.63, 3.8) is 0 Å². The molecule has 0 unspecified atom stereocenters. The summed E-state index contributed by atoms with van der Waals surface area (Å²) in [6, 6.07) is 5.31. The minimum absolute atomic E-state index is 0.141. The average molecular weight is 370 g/mol. The van der Waals surface area contributed by atoms with Crippen LogP contribution in [0, 0.1) is 0 Å². The molecule has 0 saturated carbocycles. The number of hydrogen-bond acceptors (Lipinski definition) is 7. The first-order chi connectivity index (χ1) is 13.3. The van der Waals surface area contributed by atoms with E-state index in [1.54, 1.807) is 30.7 Å². The molecule has 1 saturated heterocycles. The van der Waals surface area contributed by atoms with Crippen molar-refractivity contribution < 1.29 is 9.53 Å². The van der Waals surface area contributed by atoms with E-state index in [0.717, 1.165) is 45.1 Å². The lowest BCUT2D eigenvalue weighted by Gasteiger charge is -2.34. The van der Waals surface area contributed by atoms with Crippen molar-refractivity contribution in [2.24, 2.45) is 0 Å². The number of carbonyl (C=O) groups excluding carboxylic acids is 1. The summed E-state index contributed by atoms with van der Waals surface area (Å²) in [6.07, 6.45) is 6.08. The standard InChI is InChI=1S/C19H26N6O2/c1-2-27-18-16(6-3-7-21-18)17(26)20-10-5-11-24-12-14-25(15-13-24)19-22-8-4-9-23-19/h3-4,6-9H,2,5,10-15H2,1H3,(H,20,26). The number of nitrogens with zero attached hydrogens (tertiary/aromatic N) is 5. The molecule has 3 heterocycles. The number of aromatic nitrogens is 3. The maximum Gasteiger partial charge on any atom is 0.256 e. The van der Waals surface area contributed by atoms with E-state index < -0.39 is 0 Å². The smallest absolute Gasteiger partial charge is 0.256 e. The Hall–Kier alpha value is -2.74. The summed E-state index contributed by atoms with van der Waals surface area (Å²) in [5, 5.41) is 2.96. The molecule has 0 aromatic carbocycles. The van der Waals surface area contributed by atoms with Crippen LogP contribution < -0.4 is 15.0 Å². The Morgan fingerprint density at radius 3 is 2.59 bits per heavy atom. The minimum Gasteiger partial charge on any atom is -0.477 e. The molecule has 0 spiro atoms. The van der Waals surface area contributed by atoms with Crippen LogP contribution in [0.1, 0.15) is 23.7 Å². The summed E-state index contributed by atoms with van der Waals surface area (Å²) in [6.45, 7) is 7.73. The van der Waals surface area contributed by atoms with E-state index in [-0.39, 0.29) is 5.91 Å². The molecule has 1 aliphatic heterocycles. The van der Waals surface area contributed by atoms with Crippen LogP contribution in [0.4, 0.5) is 5.95 Å². The Morgan fingerprint density at radius 2 is 1.85 bits per heavy atom. The maximum absolute atomic E-state index is 12.3. The van der Waals surface area contributed by atoms with E-state index in [2.05, 4.69) is 30.1 Å². The lowest BCUT2D eigenvalue weighted by molar-refractivity contribution is 0.0946. The summed E-state index contributed by atoms with van der Waals surface area (Å²) < 4.78 is 5.41. The Bertz CT molecular complexity index is 719. The van der Waals surface area contributed by atoms with Crippen LogP contribution in [0.5, 0.6) is 5.88 Å². The summed E-state index contributed by atoms with van der Waals surface area (Å²) in [5.41, 5.74) is 0.482. The largest absolute Gasteiger partial charge is 0.477 e. The molecule has 144 valence electrons. The van der Waals surface area contributed by atoms with Crippen molar-refractivity contribution in [3.8, 4) is 5.88 Å². The van der Waals surface area contributed by atoms with Gasteiger partial charge in [0.25, 0.3) is 5.91 Å². The first-order valence-electron chi connectivity index (χ1n) is 9.38. The molecule has 8 nitrogen and oxygen atoms in total. The fourth-order valence-electron chi connectivity index (χ4n) is 3.04. The molecule has 0 radical (unpaired) electrons. The van der Waals surface area contributed by atoms with E-state index in [0.29, 0.717) is 24.6 Å². The molecule has 2 aromatic heterocycles. The predicted molar refractivity (Wildman–Crippen MR) is 103 cm³/mol. The number of carbonyl (C=O) groups is 1. The number of anilines is 1. The number of nitrogens with one attached hydrogen (secondary N) is 1. The first kappa shape index (κ1) is 19.0. The minimum atomic E-state index is -0.141. The van der Waals surface area contributed by atoms with Crippen LogP contribution in [-0.4, -0.2) is 71.6 Å². The van der Waals surface area contributed by atoms with Crippen LogP contribution in [-0.2, 0) is 0 Å². The predicted octanol–water partition coefficient (Wildman–Crippen LogP) is 1.21. The van der Waals surface area contributed by atoms with E-state index in [4.69, 9.17) is 4.74 Å². The van der Waals surface area contributed by atoms with E-state index >= 15 is 0 Å². The van der Waals surface area contributed by atoms with Crippen LogP contribution in [0.2, 0.25) is 0 Å². The second-order valence-corrected chi connectivity index (χ2v) is 6.28. The van der Waals surface area contributed by atoms with E-state index in [9.17, 15) is 4.79 Å². The SMILES string of the molecule is CCOc1ncccc1C(=O)NCCCN1CCN(c2ncccn2)CC1.